The van der Waals surface area contributed by atoms with Crippen molar-refractivity contribution < 1.29 is 37.3 Å². The van der Waals surface area contributed by atoms with E-state index in [0.29, 0.717) is 22.6 Å². The van der Waals surface area contributed by atoms with Crippen molar-refractivity contribution in [3.05, 3.63) is 156 Å². The lowest BCUT2D eigenvalue weighted by Gasteiger charge is -2.41. The lowest BCUT2D eigenvalue weighted by molar-refractivity contribution is -0.212. The zero-order valence-corrected chi connectivity index (χ0v) is 30.6. The molecule has 0 saturated heterocycles. The number of carbonyl (C=O) groups excluding carboxylic acids is 2. The summed E-state index contributed by atoms with van der Waals surface area (Å²) in [5.74, 6) is -2.28. The van der Waals surface area contributed by atoms with Crippen molar-refractivity contribution in [3.63, 3.8) is 0 Å². The summed E-state index contributed by atoms with van der Waals surface area (Å²) in [5.41, 5.74) is -2.33. The van der Waals surface area contributed by atoms with Gasteiger partial charge >= 0.3 is 11.9 Å². The van der Waals surface area contributed by atoms with Gasteiger partial charge in [-0.3, -0.25) is 9.80 Å². The predicted octanol–water partition coefficient (Wildman–Crippen LogP) is 8.42. The van der Waals surface area contributed by atoms with Crippen LogP contribution in [-0.4, -0.2) is 63.1 Å². The largest absolute Gasteiger partial charge is 0.493 e. The molecule has 10 heteroatoms. The Balaban J connectivity index is 1.28. The Morgan fingerprint density at radius 2 is 0.852 bits per heavy atom. The van der Waals surface area contributed by atoms with Gasteiger partial charge in [-0.2, -0.15) is 0 Å². The summed E-state index contributed by atoms with van der Waals surface area (Å²) in [7, 11) is 6.75. The van der Waals surface area contributed by atoms with E-state index in [4.69, 9.17) is 18.9 Å². The highest BCUT2D eigenvalue weighted by molar-refractivity contribution is 6.29. The van der Waals surface area contributed by atoms with Crippen LogP contribution in [0.4, 0.5) is 8.78 Å². The van der Waals surface area contributed by atoms with Crippen LogP contribution in [-0.2, 0) is 30.5 Å². The van der Waals surface area contributed by atoms with Crippen molar-refractivity contribution in [3.8, 4) is 11.5 Å². The second-order valence-electron chi connectivity index (χ2n) is 13.3. The average molecular weight is 733 g/mol. The highest BCUT2D eigenvalue weighted by Gasteiger charge is 2.45. The number of halogens is 2. The van der Waals surface area contributed by atoms with Crippen LogP contribution in [0.2, 0.25) is 0 Å². The van der Waals surface area contributed by atoms with Crippen molar-refractivity contribution in [1.29, 1.82) is 0 Å². The van der Waals surface area contributed by atoms with Crippen LogP contribution >= 0.6 is 0 Å². The normalized spacial score (nSPS) is 13.7. The lowest BCUT2D eigenvalue weighted by Crippen LogP contribution is -2.51. The highest BCUT2D eigenvalue weighted by Crippen LogP contribution is 2.37. The maximum Gasteiger partial charge on any atom is 0.419 e. The summed E-state index contributed by atoms with van der Waals surface area (Å²) in [4.78, 5) is 31.2. The fraction of sp³-hybridized carbons (Fsp3) is 0.227. The molecule has 0 fully saturated rings. The predicted molar refractivity (Wildman–Crippen MR) is 204 cm³/mol. The highest BCUT2D eigenvalue weighted by atomic mass is 19.1. The van der Waals surface area contributed by atoms with E-state index in [0.717, 1.165) is 21.5 Å². The van der Waals surface area contributed by atoms with E-state index in [-0.39, 0.29) is 26.1 Å². The summed E-state index contributed by atoms with van der Waals surface area (Å²) >= 11 is 0. The topological polar surface area (TPSA) is 77.5 Å². The van der Waals surface area contributed by atoms with Gasteiger partial charge in [-0.05, 0) is 75.4 Å². The monoisotopic (exact) mass is 732 g/mol. The molecule has 0 heterocycles. The summed E-state index contributed by atoms with van der Waals surface area (Å²) in [6, 6.07) is 38.0. The molecule has 0 bridgehead atoms. The number of benzene rings is 6. The first-order chi connectivity index (χ1) is 26.0. The van der Waals surface area contributed by atoms with Gasteiger partial charge in [0.15, 0.2) is 11.4 Å². The van der Waals surface area contributed by atoms with Crippen LogP contribution < -0.4 is 9.47 Å². The Kier molecular flexibility index (Phi) is 11.5. The first kappa shape index (κ1) is 37.9. The van der Waals surface area contributed by atoms with Gasteiger partial charge in [-0.1, -0.05) is 97.1 Å². The third-order valence-corrected chi connectivity index (χ3v) is 9.62. The van der Waals surface area contributed by atoms with Crippen molar-refractivity contribution in [2.24, 2.45) is 0 Å². The van der Waals surface area contributed by atoms with E-state index in [9.17, 15) is 18.4 Å². The van der Waals surface area contributed by atoms with E-state index in [1.54, 1.807) is 38.0 Å². The Morgan fingerprint density at radius 3 is 1.22 bits per heavy atom. The van der Waals surface area contributed by atoms with Gasteiger partial charge in [0.25, 0.3) is 0 Å². The number of rotatable bonds is 14. The number of fused-ring (bicyclic) bond motifs is 2. The number of hydrogen-bond acceptors (Lipinski definition) is 8. The molecule has 0 aliphatic rings. The van der Waals surface area contributed by atoms with Gasteiger partial charge in [-0.15, -0.1) is 0 Å². The van der Waals surface area contributed by atoms with E-state index >= 15 is 0 Å². The lowest BCUT2D eigenvalue weighted by atomic mass is 9.97. The number of esters is 2. The fourth-order valence-electron chi connectivity index (χ4n) is 6.71. The number of nitrogens with zero attached hydrogens (tertiary/aromatic N) is 2. The maximum absolute atomic E-state index is 14.2. The van der Waals surface area contributed by atoms with Gasteiger partial charge in [-0.25, -0.2) is 18.4 Å². The van der Waals surface area contributed by atoms with Crippen LogP contribution in [0.5, 0.6) is 11.5 Å². The molecule has 2 atom stereocenters. The number of hydrogen-bond donors (Lipinski definition) is 0. The van der Waals surface area contributed by atoms with Crippen LogP contribution in [0.3, 0.4) is 0 Å². The van der Waals surface area contributed by atoms with Crippen molar-refractivity contribution in [2.75, 3.05) is 41.4 Å². The van der Waals surface area contributed by atoms with E-state index in [2.05, 4.69) is 0 Å². The molecule has 0 aliphatic carbocycles. The molecule has 0 aliphatic heterocycles. The average Bonchev–Trinajstić information content (AvgIpc) is 3.17. The molecule has 8 nitrogen and oxygen atoms in total. The summed E-state index contributed by atoms with van der Waals surface area (Å²) in [6.07, 6.45) is 0.118. The minimum Gasteiger partial charge on any atom is -0.493 e. The van der Waals surface area contributed by atoms with Gasteiger partial charge in [0.05, 0.1) is 13.2 Å². The van der Waals surface area contributed by atoms with E-state index in [1.807, 2.05) is 84.9 Å². The molecule has 6 rings (SSSR count). The standard InChI is InChI=1S/C44H42F2N2O6/c1-47(2)43(33-19-23-35(45)24-20-33,27-29-51-39-17-9-13-31-11-5-7-15-37(31)39)53-41(49)42(50)54-44(48(3)4,34-21-25-36(46)26-22-34)28-30-52-40-18-10-14-32-12-6-8-16-38(32)40/h5-26H,27-30H2,1-4H3. The minimum absolute atomic E-state index is 0.0591. The first-order valence-electron chi connectivity index (χ1n) is 17.6. The zero-order chi connectivity index (χ0) is 38.3. The second-order valence-corrected chi connectivity index (χ2v) is 13.3. The Labute approximate surface area is 313 Å². The molecule has 278 valence electrons. The number of carbonyl (C=O) groups is 2. The number of ether oxygens (including phenoxy) is 4. The smallest absolute Gasteiger partial charge is 0.419 e. The van der Waals surface area contributed by atoms with Crippen LogP contribution in [0.1, 0.15) is 24.0 Å². The van der Waals surface area contributed by atoms with Crippen molar-refractivity contribution >= 4 is 33.5 Å². The fourth-order valence-corrected chi connectivity index (χ4v) is 6.71. The van der Waals surface area contributed by atoms with Gasteiger partial charge in [0.1, 0.15) is 23.1 Å². The summed E-state index contributed by atoms with van der Waals surface area (Å²) in [5, 5.41) is 3.80. The molecule has 0 amide bonds. The quantitative estimate of drug-likeness (QED) is 0.0628. The third-order valence-electron chi connectivity index (χ3n) is 9.62. The molecule has 54 heavy (non-hydrogen) atoms. The Hall–Kier alpha value is -5.84. The summed E-state index contributed by atoms with van der Waals surface area (Å²) < 4.78 is 53.0. The molecule has 0 saturated carbocycles. The SMILES string of the molecule is CN(C)C(CCOc1cccc2ccccc12)(OC(=O)C(=O)OC(CCOc1cccc2ccccc12)(c1ccc(F)cc1)N(C)C)c1ccc(F)cc1. The van der Waals surface area contributed by atoms with Crippen LogP contribution in [0.15, 0.2) is 133 Å². The molecule has 0 radical (unpaired) electrons. The molecule has 0 spiro atoms. The van der Waals surface area contributed by atoms with Gasteiger partial charge in [0.2, 0.25) is 0 Å². The van der Waals surface area contributed by atoms with Crippen molar-refractivity contribution in [1.82, 2.24) is 9.80 Å². The third kappa shape index (κ3) is 8.05. The molecule has 0 N–H and O–H groups in total. The summed E-state index contributed by atoms with van der Waals surface area (Å²) in [6.45, 7) is 0.128. The minimum atomic E-state index is -1.58. The van der Waals surface area contributed by atoms with Gasteiger partial charge < -0.3 is 18.9 Å². The van der Waals surface area contributed by atoms with Crippen LogP contribution in [0, 0.1) is 11.6 Å². The maximum atomic E-state index is 14.2. The zero-order valence-electron chi connectivity index (χ0n) is 30.6. The first-order valence-corrected chi connectivity index (χ1v) is 17.6. The van der Waals surface area contributed by atoms with Crippen molar-refractivity contribution in [2.45, 2.75) is 24.3 Å². The molecule has 6 aromatic carbocycles. The molecule has 6 aromatic rings. The van der Waals surface area contributed by atoms with Gasteiger partial charge in [0, 0.05) is 34.7 Å². The molecule has 2 unspecified atom stereocenters. The Bertz CT molecular complexity index is 2060. The Morgan fingerprint density at radius 1 is 0.500 bits per heavy atom. The van der Waals surface area contributed by atoms with E-state index < -0.39 is 35.0 Å². The molecule has 0 aromatic heterocycles. The molecular weight excluding hydrogens is 690 g/mol. The second kappa shape index (κ2) is 16.4. The van der Waals surface area contributed by atoms with Crippen LogP contribution in [0.25, 0.3) is 21.5 Å². The molecular formula is C44H42F2N2O6. The van der Waals surface area contributed by atoms with E-state index in [1.165, 1.54) is 48.5 Å².